The lowest BCUT2D eigenvalue weighted by atomic mass is 10.0. The third kappa shape index (κ3) is 58.3. The molecule has 0 heterocycles. The summed E-state index contributed by atoms with van der Waals surface area (Å²) in [5.41, 5.74) is 0. The summed E-state index contributed by atoms with van der Waals surface area (Å²) >= 11 is 0. The molecule has 0 aromatic heterocycles. The molecule has 0 fully saturated rings. The summed E-state index contributed by atoms with van der Waals surface area (Å²) in [7, 11) is 5.93. The third-order valence-corrected chi connectivity index (χ3v) is 13.5. The number of hydrogen-bond donors (Lipinski definition) is 0. The number of hydrogen-bond acceptors (Lipinski definition) is 8. The van der Waals surface area contributed by atoms with E-state index in [-0.39, 0.29) is 32.2 Å². The zero-order valence-electron chi connectivity index (χ0n) is 49.4. The van der Waals surface area contributed by atoms with Gasteiger partial charge in [0.25, 0.3) is 0 Å². The lowest BCUT2D eigenvalue weighted by molar-refractivity contribution is -0.870. The number of carboxylic acid groups (broad SMARTS) is 1. The predicted molar refractivity (Wildman–Crippen MR) is 315 cm³/mol. The molecule has 0 N–H and O–H groups in total. The first-order chi connectivity index (χ1) is 36.6. The number of carbonyl (C=O) groups excluding carboxylic acids is 3. The fourth-order valence-electron chi connectivity index (χ4n) is 8.72. The van der Waals surface area contributed by atoms with Crippen LogP contribution in [-0.4, -0.2) is 82.3 Å². The number of quaternary nitrogens is 1. The van der Waals surface area contributed by atoms with Gasteiger partial charge < -0.3 is 33.3 Å². The van der Waals surface area contributed by atoms with Crippen LogP contribution in [0, 0.1) is 0 Å². The van der Waals surface area contributed by atoms with E-state index < -0.39 is 24.3 Å². The van der Waals surface area contributed by atoms with E-state index in [4.69, 9.17) is 18.9 Å². The van der Waals surface area contributed by atoms with Gasteiger partial charge in [-0.25, -0.2) is 0 Å². The summed E-state index contributed by atoms with van der Waals surface area (Å²) in [5, 5.41) is 11.8. The number of nitrogens with zero attached hydrogens (tertiary/aromatic N) is 1. The second kappa shape index (κ2) is 56.9. The molecule has 0 rings (SSSR count). The molecule has 9 heteroatoms. The number of unbranched alkanes of at least 4 members (excludes halogenated alkanes) is 30. The molecule has 0 aliphatic rings. The monoisotopic (exact) mass is 1050 g/mol. The predicted octanol–water partition coefficient (Wildman–Crippen LogP) is 17.2. The fraction of sp³-hybridized carbons (Fsp3) is 0.773. The molecule has 0 amide bonds. The zero-order valence-corrected chi connectivity index (χ0v) is 49.4. The van der Waals surface area contributed by atoms with Gasteiger partial charge in [0.1, 0.15) is 13.2 Å². The van der Waals surface area contributed by atoms with Gasteiger partial charge in [0.05, 0.1) is 40.3 Å². The molecule has 2 unspecified atom stereocenters. The molecular formula is C66H117NO8. The van der Waals surface area contributed by atoms with Crippen molar-refractivity contribution in [2.24, 2.45) is 0 Å². The number of carboxylic acids is 1. The third-order valence-electron chi connectivity index (χ3n) is 13.5. The lowest BCUT2D eigenvalue weighted by Gasteiger charge is -2.26. The molecule has 75 heavy (non-hydrogen) atoms. The van der Waals surface area contributed by atoms with E-state index in [1.165, 1.54) is 161 Å². The molecule has 0 aromatic carbocycles. The minimum atomic E-state index is -1.62. The molecule has 0 aliphatic carbocycles. The molecule has 0 aromatic rings. The molecule has 0 saturated heterocycles. The van der Waals surface area contributed by atoms with E-state index in [1.54, 1.807) is 0 Å². The molecule has 0 radical (unpaired) electrons. The Morgan fingerprint density at radius 2 is 0.760 bits per heavy atom. The van der Waals surface area contributed by atoms with Crippen molar-refractivity contribution in [1.29, 1.82) is 0 Å². The number of esters is 2. The van der Waals surface area contributed by atoms with Crippen molar-refractivity contribution in [2.75, 3.05) is 47.5 Å². The van der Waals surface area contributed by atoms with Crippen molar-refractivity contribution in [3.63, 3.8) is 0 Å². The van der Waals surface area contributed by atoms with Gasteiger partial charge in [0.15, 0.2) is 12.4 Å². The van der Waals surface area contributed by atoms with Crippen molar-refractivity contribution in [3.8, 4) is 0 Å². The van der Waals surface area contributed by atoms with Crippen molar-refractivity contribution in [3.05, 3.63) is 72.9 Å². The van der Waals surface area contributed by atoms with E-state index in [9.17, 15) is 19.5 Å². The van der Waals surface area contributed by atoms with Crippen LogP contribution in [0.15, 0.2) is 72.9 Å². The van der Waals surface area contributed by atoms with Crippen molar-refractivity contribution in [1.82, 2.24) is 0 Å². The molecule has 0 saturated carbocycles. The fourth-order valence-corrected chi connectivity index (χ4v) is 8.72. The number of aliphatic carboxylic acids is 1. The Morgan fingerprint density at radius 3 is 1.13 bits per heavy atom. The van der Waals surface area contributed by atoms with Crippen LogP contribution in [0.4, 0.5) is 0 Å². The summed E-state index contributed by atoms with van der Waals surface area (Å²) in [5.74, 6) is -2.27. The number of allylic oxidation sites excluding steroid dienone is 12. The van der Waals surface area contributed by atoms with Crippen molar-refractivity contribution < 1.29 is 42.9 Å². The average molecular weight is 1050 g/mol. The second-order valence-electron chi connectivity index (χ2n) is 22.0. The summed E-state index contributed by atoms with van der Waals surface area (Å²) in [4.78, 5) is 37.4. The lowest BCUT2D eigenvalue weighted by Crippen LogP contribution is -2.44. The molecule has 0 spiro atoms. The Hall–Kier alpha value is -3.27. The number of carbonyl (C=O) groups is 3. The first-order valence-corrected chi connectivity index (χ1v) is 31.1. The summed E-state index contributed by atoms with van der Waals surface area (Å²) in [6.45, 7) is 4.66. The van der Waals surface area contributed by atoms with Crippen LogP contribution in [0.1, 0.15) is 271 Å². The second-order valence-corrected chi connectivity index (χ2v) is 22.0. The number of likely N-dealkylation sites (N-methyl/N-ethyl adjacent to an activating group) is 1. The highest BCUT2D eigenvalue weighted by Gasteiger charge is 2.22. The number of ether oxygens (including phenoxy) is 4. The van der Waals surface area contributed by atoms with Gasteiger partial charge in [0, 0.05) is 12.8 Å². The SMILES string of the molecule is CC/C=C\C/C=C\C/C=C\C/C=C\C/C=C\C/C=C\CCCCCCCCCCCCCCC(=O)OC(COC(=O)CCCCCCCCCCCCCCCCCCCCC)COC(OCC[N+](C)(C)C)C(=O)[O-]. The normalized spacial score (nSPS) is 13.2. The van der Waals surface area contributed by atoms with Crippen LogP contribution in [-0.2, 0) is 33.3 Å². The summed E-state index contributed by atoms with van der Waals surface area (Å²) in [6.07, 6.45) is 71.0. The van der Waals surface area contributed by atoms with Crippen LogP contribution in [0.3, 0.4) is 0 Å². The minimum Gasteiger partial charge on any atom is -0.545 e. The topological polar surface area (TPSA) is 111 Å². The standard InChI is InChI=1S/C66H117NO8/c1-6-8-10-12-14-16-18-20-22-24-26-27-28-29-30-31-32-33-34-35-36-37-39-41-43-45-47-49-51-53-55-57-64(69)75-62(61-74-66(65(70)71)72-59-58-67(3,4)5)60-73-63(68)56-54-52-50-48-46-44-42-40-38-25-23-21-19-17-15-13-11-9-7-2/h8,10,14,16,20,22,26-27,29-30,32-33,62,66H,6-7,9,11-13,15,17-19,21,23-25,28,31,34-61H2,1-5H3/b10-8-,16-14-,22-20-,27-26-,30-29-,33-32-. The van der Waals surface area contributed by atoms with Crippen molar-refractivity contribution >= 4 is 17.9 Å². The molecule has 2 atom stereocenters. The Morgan fingerprint density at radius 1 is 0.413 bits per heavy atom. The quantitative estimate of drug-likeness (QED) is 0.0195. The highest BCUT2D eigenvalue weighted by atomic mass is 16.7. The number of rotatable bonds is 57. The Bertz CT molecular complexity index is 1460. The smallest absolute Gasteiger partial charge is 0.306 e. The Kier molecular flexibility index (Phi) is 54.4. The maximum Gasteiger partial charge on any atom is 0.306 e. The van der Waals surface area contributed by atoms with E-state index in [0.29, 0.717) is 23.9 Å². The molecule has 0 bridgehead atoms. The Labute approximate surface area is 462 Å². The molecule has 0 aliphatic heterocycles. The van der Waals surface area contributed by atoms with Crippen LogP contribution in [0.2, 0.25) is 0 Å². The van der Waals surface area contributed by atoms with Gasteiger partial charge in [-0.15, -0.1) is 0 Å². The van der Waals surface area contributed by atoms with Gasteiger partial charge in [-0.05, 0) is 64.2 Å². The first-order valence-electron chi connectivity index (χ1n) is 31.1. The molecule has 434 valence electrons. The van der Waals surface area contributed by atoms with Gasteiger partial charge in [-0.3, -0.25) is 9.59 Å². The first kappa shape index (κ1) is 71.7. The molecular weight excluding hydrogens is 935 g/mol. The highest BCUT2D eigenvalue weighted by molar-refractivity contribution is 5.70. The van der Waals surface area contributed by atoms with Crippen LogP contribution < -0.4 is 5.11 Å². The van der Waals surface area contributed by atoms with E-state index in [1.807, 2.05) is 21.1 Å². The van der Waals surface area contributed by atoms with Crippen molar-refractivity contribution in [2.45, 2.75) is 283 Å². The zero-order chi connectivity index (χ0) is 54.8. The van der Waals surface area contributed by atoms with Crippen LogP contribution >= 0.6 is 0 Å². The molecule has 9 nitrogen and oxygen atoms in total. The van der Waals surface area contributed by atoms with Crippen LogP contribution in [0.5, 0.6) is 0 Å². The van der Waals surface area contributed by atoms with Crippen LogP contribution in [0.25, 0.3) is 0 Å². The van der Waals surface area contributed by atoms with E-state index in [0.717, 1.165) is 77.0 Å². The maximum absolute atomic E-state index is 12.9. The largest absolute Gasteiger partial charge is 0.545 e. The van der Waals surface area contributed by atoms with Gasteiger partial charge in [-0.1, -0.05) is 267 Å². The van der Waals surface area contributed by atoms with Gasteiger partial charge in [-0.2, -0.15) is 0 Å². The van der Waals surface area contributed by atoms with Gasteiger partial charge in [0.2, 0.25) is 0 Å². The highest BCUT2D eigenvalue weighted by Crippen LogP contribution is 2.17. The average Bonchev–Trinajstić information content (AvgIpc) is 3.38. The maximum atomic E-state index is 12.9. The minimum absolute atomic E-state index is 0.147. The van der Waals surface area contributed by atoms with E-state index >= 15 is 0 Å². The van der Waals surface area contributed by atoms with Gasteiger partial charge >= 0.3 is 11.9 Å². The van der Waals surface area contributed by atoms with E-state index in [2.05, 4.69) is 86.8 Å². The Balaban J connectivity index is 4.18. The summed E-state index contributed by atoms with van der Waals surface area (Å²) < 4.78 is 22.7. The summed E-state index contributed by atoms with van der Waals surface area (Å²) in [6, 6.07) is 0.